The number of fused-ring (bicyclic) bond motifs is 1. The summed E-state index contributed by atoms with van der Waals surface area (Å²) in [7, 11) is 3.16. The van der Waals surface area contributed by atoms with Crippen LogP contribution in [-0.4, -0.2) is 32.4 Å². The summed E-state index contributed by atoms with van der Waals surface area (Å²) in [6.45, 7) is 1.78. The lowest BCUT2D eigenvalue weighted by molar-refractivity contribution is -0.121. The van der Waals surface area contributed by atoms with Gasteiger partial charge >= 0.3 is 0 Å². The van der Waals surface area contributed by atoms with Crippen molar-refractivity contribution in [3.63, 3.8) is 0 Å². The van der Waals surface area contributed by atoms with Gasteiger partial charge in [0.15, 0.2) is 0 Å². The highest BCUT2D eigenvalue weighted by atomic mass is 16.5. The number of hydrogen-bond donors (Lipinski definition) is 2. The van der Waals surface area contributed by atoms with E-state index in [4.69, 9.17) is 9.47 Å². The van der Waals surface area contributed by atoms with E-state index >= 15 is 0 Å². The van der Waals surface area contributed by atoms with E-state index in [1.54, 1.807) is 39.3 Å². The highest BCUT2D eigenvalue weighted by Crippen LogP contribution is 2.22. The maximum atomic E-state index is 12.3. The summed E-state index contributed by atoms with van der Waals surface area (Å²) >= 11 is 0. The molecular weight excluding hydrogens is 354 g/mol. The van der Waals surface area contributed by atoms with Crippen LogP contribution in [0.3, 0.4) is 0 Å². The van der Waals surface area contributed by atoms with Gasteiger partial charge in [-0.1, -0.05) is 30.3 Å². The van der Waals surface area contributed by atoms with Crippen LogP contribution in [0.5, 0.6) is 11.5 Å². The zero-order valence-electron chi connectivity index (χ0n) is 16.1. The lowest BCUT2D eigenvalue weighted by atomic mass is 10.1. The Morgan fingerprint density at radius 3 is 2.54 bits per heavy atom. The molecule has 0 fully saturated rings. The van der Waals surface area contributed by atoms with Crippen molar-refractivity contribution in [1.29, 1.82) is 0 Å². The molecule has 3 aromatic rings. The number of carbonyl (C=O) groups excluding carboxylic acids is 1. The zero-order chi connectivity index (χ0) is 19.9. The first kappa shape index (κ1) is 19.2. The molecule has 2 N–H and O–H groups in total. The Bertz CT molecular complexity index is 1000. The topological polar surface area (TPSA) is 72.0 Å². The third-order valence-electron chi connectivity index (χ3n) is 4.34. The maximum absolute atomic E-state index is 12.3. The van der Waals surface area contributed by atoms with Crippen molar-refractivity contribution in [2.24, 2.45) is 5.10 Å². The van der Waals surface area contributed by atoms with Gasteiger partial charge in [-0.05, 0) is 48.0 Å². The molecule has 3 rings (SSSR count). The Morgan fingerprint density at radius 1 is 1.00 bits per heavy atom. The van der Waals surface area contributed by atoms with Crippen LogP contribution in [0.1, 0.15) is 12.5 Å². The number of hydrazone groups is 1. The molecule has 0 bridgehead atoms. The van der Waals surface area contributed by atoms with Gasteiger partial charge in [0.05, 0.1) is 20.4 Å². The molecule has 144 valence electrons. The van der Waals surface area contributed by atoms with Crippen molar-refractivity contribution in [2.75, 3.05) is 19.5 Å². The van der Waals surface area contributed by atoms with Gasteiger partial charge in [-0.2, -0.15) is 5.10 Å². The first-order chi connectivity index (χ1) is 13.6. The SMILES string of the molecule is COc1ccc(OC)c(/C=N\NC(=O)[C@H](C)Nc2ccc3ccccc3c2)c1. The minimum atomic E-state index is -0.453. The van der Waals surface area contributed by atoms with Crippen LogP contribution in [0.25, 0.3) is 10.8 Å². The van der Waals surface area contributed by atoms with E-state index in [1.165, 1.54) is 6.21 Å². The van der Waals surface area contributed by atoms with Gasteiger partial charge in [0.1, 0.15) is 17.5 Å². The van der Waals surface area contributed by atoms with Crippen molar-refractivity contribution in [3.05, 3.63) is 66.2 Å². The summed E-state index contributed by atoms with van der Waals surface area (Å²) in [6.07, 6.45) is 1.53. The number of nitrogens with one attached hydrogen (secondary N) is 2. The van der Waals surface area contributed by atoms with Crippen molar-refractivity contribution in [3.8, 4) is 11.5 Å². The fourth-order valence-corrected chi connectivity index (χ4v) is 2.80. The van der Waals surface area contributed by atoms with Crippen LogP contribution >= 0.6 is 0 Å². The molecular formula is C22H23N3O3. The van der Waals surface area contributed by atoms with Gasteiger partial charge in [-0.25, -0.2) is 5.43 Å². The molecule has 0 unspecified atom stereocenters. The fourth-order valence-electron chi connectivity index (χ4n) is 2.80. The number of benzene rings is 3. The van der Waals surface area contributed by atoms with Gasteiger partial charge in [0.2, 0.25) is 0 Å². The Labute approximate surface area is 164 Å². The fraction of sp³-hybridized carbons (Fsp3) is 0.182. The third kappa shape index (κ3) is 4.59. The van der Waals surface area contributed by atoms with Gasteiger partial charge in [-0.3, -0.25) is 4.79 Å². The van der Waals surface area contributed by atoms with Crippen LogP contribution < -0.4 is 20.2 Å². The molecule has 1 amide bonds. The molecule has 0 radical (unpaired) electrons. The molecule has 0 aliphatic rings. The van der Waals surface area contributed by atoms with E-state index in [2.05, 4.69) is 21.9 Å². The highest BCUT2D eigenvalue weighted by molar-refractivity contribution is 5.89. The molecule has 0 aromatic heterocycles. The number of anilines is 1. The predicted octanol–water partition coefficient (Wildman–Crippen LogP) is 3.81. The second-order valence-electron chi connectivity index (χ2n) is 6.27. The first-order valence-corrected chi connectivity index (χ1v) is 8.91. The monoisotopic (exact) mass is 377 g/mol. The predicted molar refractivity (Wildman–Crippen MR) is 112 cm³/mol. The summed E-state index contributed by atoms with van der Waals surface area (Å²) in [5.74, 6) is 1.08. The number of rotatable bonds is 7. The molecule has 0 aliphatic heterocycles. The van der Waals surface area contributed by atoms with Crippen LogP contribution in [0.4, 0.5) is 5.69 Å². The van der Waals surface area contributed by atoms with Crippen LogP contribution in [-0.2, 0) is 4.79 Å². The Balaban J connectivity index is 1.63. The molecule has 3 aromatic carbocycles. The lowest BCUT2D eigenvalue weighted by Crippen LogP contribution is -2.34. The molecule has 6 nitrogen and oxygen atoms in total. The number of methoxy groups -OCH3 is 2. The zero-order valence-corrected chi connectivity index (χ0v) is 16.1. The molecule has 28 heavy (non-hydrogen) atoms. The van der Waals surface area contributed by atoms with Gasteiger partial charge in [0.25, 0.3) is 5.91 Å². The minimum absolute atomic E-state index is 0.244. The minimum Gasteiger partial charge on any atom is -0.497 e. The number of amides is 1. The first-order valence-electron chi connectivity index (χ1n) is 8.91. The summed E-state index contributed by atoms with van der Waals surface area (Å²) in [5.41, 5.74) is 4.13. The van der Waals surface area contributed by atoms with E-state index < -0.39 is 6.04 Å². The van der Waals surface area contributed by atoms with Crippen LogP contribution in [0.2, 0.25) is 0 Å². The molecule has 6 heteroatoms. The average molecular weight is 377 g/mol. The van der Waals surface area contributed by atoms with Crippen molar-refractivity contribution in [1.82, 2.24) is 5.43 Å². The van der Waals surface area contributed by atoms with E-state index in [0.717, 1.165) is 16.5 Å². The van der Waals surface area contributed by atoms with E-state index in [0.29, 0.717) is 17.1 Å². The smallest absolute Gasteiger partial charge is 0.262 e. The van der Waals surface area contributed by atoms with Crippen LogP contribution in [0.15, 0.2) is 65.8 Å². The molecule has 0 spiro atoms. The van der Waals surface area contributed by atoms with Crippen LogP contribution in [0, 0.1) is 0 Å². The number of nitrogens with zero attached hydrogens (tertiary/aromatic N) is 1. The van der Waals surface area contributed by atoms with Crippen molar-refractivity contribution < 1.29 is 14.3 Å². The highest BCUT2D eigenvalue weighted by Gasteiger charge is 2.12. The summed E-state index contributed by atoms with van der Waals surface area (Å²) in [6, 6.07) is 19.0. The normalized spacial score (nSPS) is 12.0. The quantitative estimate of drug-likeness (QED) is 0.485. The van der Waals surface area contributed by atoms with Gasteiger partial charge < -0.3 is 14.8 Å². The summed E-state index contributed by atoms with van der Waals surface area (Å²) < 4.78 is 10.5. The third-order valence-corrected chi connectivity index (χ3v) is 4.34. The van der Waals surface area contributed by atoms with Crippen molar-refractivity contribution in [2.45, 2.75) is 13.0 Å². The maximum Gasteiger partial charge on any atom is 0.262 e. The van der Waals surface area contributed by atoms with E-state index in [9.17, 15) is 4.79 Å². The van der Waals surface area contributed by atoms with Crippen molar-refractivity contribution >= 4 is 28.6 Å². The number of carbonyl (C=O) groups is 1. The number of ether oxygens (including phenoxy) is 2. The van der Waals surface area contributed by atoms with Gasteiger partial charge in [-0.15, -0.1) is 0 Å². The summed E-state index contributed by atoms with van der Waals surface area (Å²) in [4.78, 5) is 12.3. The Hall–Kier alpha value is -3.54. The summed E-state index contributed by atoms with van der Waals surface area (Å²) in [5, 5.41) is 9.50. The average Bonchev–Trinajstić information content (AvgIpc) is 2.73. The largest absolute Gasteiger partial charge is 0.497 e. The molecule has 1 atom stereocenters. The number of hydrogen-bond acceptors (Lipinski definition) is 5. The van der Waals surface area contributed by atoms with Gasteiger partial charge in [0, 0.05) is 11.3 Å². The lowest BCUT2D eigenvalue weighted by Gasteiger charge is -2.14. The molecule has 0 heterocycles. The standard InChI is InChI=1S/C22H23N3O3/c1-15(24-19-9-8-16-6-4-5-7-17(16)12-19)22(26)25-23-14-18-13-20(27-2)10-11-21(18)28-3/h4-15,24H,1-3H3,(H,25,26)/b23-14-/t15-/m0/s1. The molecule has 0 aliphatic carbocycles. The molecule has 0 saturated heterocycles. The van der Waals surface area contributed by atoms with E-state index in [1.807, 2.05) is 36.4 Å². The second-order valence-corrected chi connectivity index (χ2v) is 6.27. The van der Waals surface area contributed by atoms with E-state index in [-0.39, 0.29) is 5.91 Å². The Kier molecular flexibility index (Phi) is 6.11. The Morgan fingerprint density at radius 2 is 1.79 bits per heavy atom. The second kappa shape index (κ2) is 8.90. The molecule has 0 saturated carbocycles.